The van der Waals surface area contributed by atoms with E-state index in [1.165, 1.54) is 31.5 Å². The molecule has 2 aromatic carbocycles. The number of methoxy groups -OCH3 is 1. The lowest BCUT2D eigenvalue weighted by atomic mass is 10.2. The fourth-order valence-electron chi connectivity index (χ4n) is 1.76. The predicted molar refractivity (Wildman–Crippen MR) is 93.1 cm³/mol. The molecule has 0 aliphatic heterocycles. The molecule has 0 aliphatic rings. The third-order valence-electron chi connectivity index (χ3n) is 2.96. The molecular formula is C16H13BrFN3O4. The number of nitrogens with zero attached hydrogens (tertiary/aromatic N) is 1. The molecule has 0 saturated heterocycles. The van der Waals surface area contributed by atoms with Crippen molar-refractivity contribution in [1.29, 1.82) is 0 Å². The fraction of sp³-hybridized carbons (Fsp3) is 0.0625. The van der Waals surface area contributed by atoms with E-state index >= 15 is 0 Å². The molecule has 0 fully saturated rings. The summed E-state index contributed by atoms with van der Waals surface area (Å²) >= 11 is 3.15. The van der Waals surface area contributed by atoms with Crippen LogP contribution in [0.15, 0.2) is 46.0 Å². The number of benzene rings is 2. The minimum Gasteiger partial charge on any atom is -0.503 e. The molecule has 0 aliphatic carbocycles. The Labute approximate surface area is 150 Å². The van der Waals surface area contributed by atoms with E-state index in [4.69, 9.17) is 4.74 Å². The molecule has 2 amide bonds. The van der Waals surface area contributed by atoms with Crippen LogP contribution in [0.2, 0.25) is 0 Å². The van der Waals surface area contributed by atoms with Crippen molar-refractivity contribution in [3.05, 3.63) is 52.3 Å². The van der Waals surface area contributed by atoms with Crippen LogP contribution in [-0.2, 0) is 9.59 Å². The summed E-state index contributed by atoms with van der Waals surface area (Å²) in [6.45, 7) is 0. The number of hydrogen-bond donors (Lipinski definition) is 3. The van der Waals surface area contributed by atoms with Crippen LogP contribution in [0.3, 0.4) is 0 Å². The molecule has 130 valence electrons. The van der Waals surface area contributed by atoms with Crippen molar-refractivity contribution in [3.8, 4) is 11.5 Å². The van der Waals surface area contributed by atoms with Crippen LogP contribution in [-0.4, -0.2) is 30.2 Å². The Balaban J connectivity index is 1.97. The Morgan fingerprint density at radius 3 is 2.56 bits per heavy atom. The van der Waals surface area contributed by atoms with Gasteiger partial charge in [-0.3, -0.25) is 9.59 Å². The van der Waals surface area contributed by atoms with Crippen LogP contribution >= 0.6 is 15.9 Å². The van der Waals surface area contributed by atoms with Crippen molar-refractivity contribution in [2.45, 2.75) is 0 Å². The molecule has 0 saturated carbocycles. The molecule has 0 aromatic heterocycles. The number of phenols is 1. The molecule has 0 spiro atoms. The largest absolute Gasteiger partial charge is 0.503 e. The second-order valence-electron chi connectivity index (χ2n) is 4.71. The summed E-state index contributed by atoms with van der Waals surface area (Å²) in [5.74, 6) is -2.25. The molecule has 9 heteroatoms. The first-order chi connectivity index (χ1) is 11.9. The third kappa shape index (κ3) is 5.01. The molecule has 0 heterocycles. The van der Waals surface area contributed by atoms with Crippen LogP contribution in [0.25, 0.3) is 0 Å². The van der Waals surface area contributed by atoms with E-state index in [2.05, 4.69) is 31.8 Å². The van der Waals surface area contributed by atoms with Gasteiger partial charge in [0.25, 0.3) is 0 Å². The number of phenolic OH excluding ortho intramolecular Hbond substituents is 1. The number of carbonyl (C=O) groups excluding carboxylic acids is 2. The summed E-state index contributed by atoms with van der Waals surface area (Å²) in [7, 11) is 1.39. The normalized spacial score (nSPS) is 10.5. The smallest absolute Gasteiger partial charge is 0.329 e. The zero-order valence-electron chi connectivity index (χ0n) is 12.9. The van der Waals surface area contributed by atoms with E-state index in [1.807, 2.05) is 0 Å². The number of nitrogens with one attached hydrogen (secondary N) is 2. The standard InChI is InChI=1S/C16H13BrFN3O4/c1-25-13-7-9(6-12(17)14(13)22)8-19-21-16(24)15(23)20-11-4-2-10(18)3-5-11/h2-8,22H,1H3,(H,20,23)(H,21,24)/b19-8-. The number of anilines is 1. The number of halogens is 2. The van der Waals surface area contributed by atoms with E-state index in [-0.39, 0.29) is 17.2 Å². The average molecular weight is 410 g/mol. The van der Waals surface area contributed by atoms with Gasteiger partial charge in [0.15, 0.2) is 11.5 Å². The average Bonchev–Trinajstić information content (AvgIpc) is 2.59. The van der Waals surface area contributed by atoms with E-state index in [0.29, 0.717) is 10.0 Å². The van der Waals surface area contributed by atoms with Gasteiger partial charge in [-0.25, -0.2) is 9.82 Å². The van der Waals surface area contributed by atoms with Gasteiger partial charge in [0.2, 0.25) is 0 Å². The highest BCUT2D eigenvalue weighted by molar-refractivity contribution is 9.10. The number of hydrazone groups is 1. The molecular weight excluding hydrogens is 397 g/mol. The monoisotopic (exact) mass is 409 g/mol. The highest BCUT2D eigenvalue weighted by atomic mass is 79.9. The number of ether oxygens (including phenoxy) is 1. The lowest BCUT2D eigenvalue weighted by molar-refractivity contribution is -0.136. The van der Waals surface area contributed by atoms with E-state index < -0.39 is 17.6 Å². The van der Waals surface area contributed by atoms with Crippen molar-refractivity contribution >= 4 is 39.6 Å². The maximum absolute atomic E-state index is 12.8. The van der Waals surface area contributed by atoms with E-state index in [1.54, 1.807) is 6.07 Å². The molecule has 7 nitrogen and oxygen atoms in total. The summed E-state index contributed by atoms with van der Waals surface area (Å²) in [6.07, 6.45) is 1.27. The summed E-state index contributed by atoms with van der Waals surface area (Å²) in [5.41, 5.74) is 2.85. The van der Waals surface area contributed by atoms with Gasteiger partial charge in [-0.15, -0.1) is 0 Å². The van der Waals surface area contributed by atoms with Gasteiger partial charge >= 0.3 is 11.8 Å². The highest BCUT2D eigenvalue weighted by Gasteiger charge is 2.13. The van der Waals surface area contributed by atoms with Crippen LogP contribution < -0.4 is 15.5 Å². The van der Waals surface area contributed by atoms with E-state index in [9.17, 15) is 19.1 Å². The molecule has 2 rings (SSSR count). The van der Waals surface area contributed by atoms with Crippen molar-refractivity contribution in [2.24, 2.45) is 5.10 Å². The van der Waals surface area contributed by atoms with Crippen molar-refractivity contribution in [3.63, 3.8) is 0 Å². The summed E-state index contributed by atoms with van der Waals surface area (Å²) in [5, 5.41) is 15.7. The molecule has 0 unspecified atom stereocenters. The van der Waals surface area contributed by atoms with Crippen LogP contribution in [0.4, 0.5) is 10.1 Å². The van der Waals surface area contributed by atoms with Gasteiger partial charge in [0.05, 0.1) is 17.8 Å². The van der Waals surface area contributed by atoms with Gasteiger partial charge < -0.3 is 15.2 Å². The molecule has 25 heavy (non-hydrogen) atoms. The Bertz CT molecular complexity index is 825. The van der Waals surface area contributed by atoms with Gasteiger partial charge in [-0.1, -0.05) is 0 Å². The number of hydrogen-bond acceptors (Lipinski definition) is 5. The topological polar surface area (TPSA) is 100 Å². The fourth-order valence-corrected chi connectivity index (χ4v) is 2.22. The zero-order chi connectivity index (χ0) is 18.4. The maximum Gasteiger partial charge on any atom is 0.329 e. The Kier molecular flexibility index (Phi) is 6.07. The van der Waals surface area contributed by atoms with E-state index in [0.717, 1.165) is 12.1 Å². The molecule has 0 atom stereocenters. The SMILES string of the molecule is COc1cc(/C=N\NC(=O)C(=O)Nc2ccc(F)cc2)cc(Br)c1O. The minimum atomic E-state index is -0.995. The van der Waals surface area contributed by atoms with Crippen LogP contribution in [0.5, 0.6) is 11.5 Å². The number of rotatable bonds is 4. The highest BCUT2D eigenvalue weighted by Crippen LogP contribution is 2.34. The quantitative estimate of drug-likeness (QED) is 0.410. The lowest BCUT2D eigenvalue weighted by Gasteiger charge is -2.06. The second-order valence-corrected chi connectivity index (χ2v) is 5.57. The first-order valence-electron chi connectivity index (χ1n) is 6.87. The van der Waals surface area contributed by atoms with Crippen LogP contribution in [0, 0.1) is 5.82 Å². The van der Waals surface area contributed by atoms with Crippen LogP contribution in [0.1, 0.15) is 5.56 Å². The number of carbonyl (C=O) groups is 2. The molecule has 2 aromatic rings. The first-order valence-corrected chi connectivity index (χ1v) is 7.66. The summed E-state index contributed by atoms with van der Waals surface area (Å²) in [6, 6.07) is 8.00. The van der Waals surface area contributed by atoms with Gasteiger partial charge in [-0.2, -0.15) is 5.10 Å². The number of aromatic hydroxyl groups is 1. The second kappa shape index (κ2) is 8.25. The maximum atomic E-state index is 12.8. The first kappa shape index (κ1) is 18.4. The summed E-state index contributed by atoms with van der Waals surface area (Å²) < 4.78 is 18.1. The van der Waals surface area contributed by atoms with Crippen molar-refractivity contribution < 1.29 is 23.8 Å². The Hall–Kier alpha value is -2.94. The van der Waals surface area contributed by atoms with Crippen molar-refractivity contribution in [2.75, 3.05) is 12.4 Å². The summed E-state index contributed by atoms with van der Waals surface area (Å²) in [4.78, 5) is 23.4. The minimum absolute atomic E-state index is 0.0673. The van der Waals surface area contributed by atoms with Gasteiger partial charge in [0, 0.05) is 5.69 Å². The molecule has 3 N–H and O–H groups in total. The predicted octanol–water partition coefficient (Wildman–Crippen LogP) is 2.39. The third-order valence-corrected chi connectivity index (χ3v) is 3.56. The molecule has 0 bridgehead atoms. The van der Waals surface area contributed by atoms with Gasteiger partial charge in [0.1, 0.15) is 5.82 Å². The van der Waals surface area contributed by atoms with Gasteiger partial charge in [-0.05, 0) is 57.9 Å². The van der Waals surface area contributed by atoms with Crippen molar-refractivity contribution in [1.82, 2.24) is 5.43 Å². The Morgan fingerprint density at radius 1 is 1.24 bits per heavy atom. The number of amides is 2. The Morgan fingerprint density at radius 2 is 1.92 bits per heavy atom. The zero-order valence-corrected chi connectivity index (χ0v) is 14.5. The lowest BCUT2D eigenvalue weighted by Crippen LogP contribution is -2.32. The molecule has 0 radical (unpaired) electrons.